The van der Waals surface area contributed by atoms with Gasteiger partial charge >= 0.3 is 0 Å². The molecule has 2 aromatic heterocycles. The molecule has 4 rings (SSSR count). The smallest absolute Gasteiger partial charge is 0.247 e. The van der Waals surface area contributed by atoms with E-state index in [1.54, 1.807) is 27.6 Å². The zero-order valence-electron chi connectivity index (χ0n) is 18.4. The van der Waals surface area contributed by atoms with Crippen LogP contribution in [0.1, 0.15) is 32.5 Å². The lowest BCUT2D eigenvalue weighted by molar-refractivity contribution is -0.141. The Labute approximate surface area is 202 Å². The standard InChI is InChI=1S/C27H26N2O2S2/c1-20-9-5-6-14-24(20)26(27(31)28-18-21-10-3-2-4-11-21)29(19-23-13-8-16-33-23)25(30)17-22-12-7-15-32-22/h2-16,26H,17-19H2,1H3,(H,28,31). The van der Waals surface area contributed by atoms with Gasteiger partial charge in [0.15, 0.2) is 0 Å². The lowest BCUT2D eigenvalue weighted by atomic mass is 9.98. The van der Waals surface area contributed by atoms with Crippen molar-refractivity contribution >= 4 is 34.5 Å². The number of amides is 2. The van der Waals surface area contributed by atoms with Crippen LogP contribution in [0.25, 0.3) is 0 Å². The van der Waals surface area contributed by atoms with Gasteiger partial charge in [0.2, 0.25) is 11.8 Å². The molecule has 2 aromatic carbocycles. The summed E-state index contributed by atoms with van der Waals surface area (Å²) >= 11 is 3.15. The van der Waals surface area contributed by atoms with Crippen LogP contribution in [0.5, 0.6) is 0 Å². The highest BCUT2D eigenvalue weighted by Crippen LogP contribution is 2.28. The topological polar surface area (TPSA) is 49.4 Å². The number of nitrogens with one attached hydrogen (secondary N) is 1. The minimum absolute atomic E-state index is 0.0611. The second kappa shape index (κ2) is 11.1. The Morgan fingerprint density at radius 3 is 2.18 bits per heavy atom. The van der Waals surface area contributed by atoms with Gasteiger partial charge < -0.3 is 10.2 Å². The van der Waals surface area contributed by atoms with Crippen LogP contribution in [0.15, 0.2) is 89.6 Å². The van der Waals surface area contributed by atoms with Gasteiger partial charge in [0.1, 0.15) is 6.04 Å². The molecule has 0 aliphatic heterocycles. The molecule has 1 unspecified atom stereocenters. The molecule has 2 heterocycles. The van der Waals surface area contributed by atoms with Gasteiger partial charge in [-0.05, 0) is 46.5 Å². The fourth-order valence-electron chi connectivity index (χ4n) is 3.78. The Morgan fingerprint density at radius 1 is 0.848 bits per heavy atom. The third-order valence-electron chi connectivity index (χ3n) is 5.48. The van der Waals surface area contributed by atoms with Gasteiger partial charge in [-0.3, -0.25) is 9.59 Å². The van der Waals surface area contributed by atoms with E-state index in [1.165, 1.54) is 0 Å². The van der Waals surface area contributed by atoms with Crippen molar-refractivity contribution in [3.05, 3.63) is 116 Å². The van der Waals surface area contributed by atoms with Crippen LogP contribution in [-0.4, -0.2) is 16.7 Å². The fraction of sp³-hybridized carbons (Fsp3) is 0.185. The average molecular weight is 475 g/mol. The van der Waals surface area contributed by atoms with Gasteiger partial charge in [-0.25, -0.2) is 0 Å². The predicted octanol–water partition coefficient (Wildman–Crippen LogP) is 5.75. The maximum atomic E-state index is 13.6. The third-order valence-corrected chi connectivity index (χ3v) is 7.22. The number of hydrogen-bond donors (Lipinski definition) is 1. The monoisotopic (exact) mass is 474 g/mol. The first kappa shape index (κ1) is 23.0. The molecule has 168 valence electrons. The Hall–Kier alpha value is -3.22. The zero-order chi connectivity index (χ0) is 23.0. The van der Waals surface area contributed by atoms with Crippen molar-refractivity contribution in [1.82, 2.24) is 10.2 Å². The van der Waals surface area contributed by atoms with Crippen molar-refractivity contribution in [2.45, 2.75) is 32.5 Å². The zero-order valence-corrected chi connectivity index (χ0v) is 20.1. The first-order valence-corrected chi connectivity index (χ1v) is 12.6. The van der Waals surface area contributed by atoms with E-state index in [2.05, 4.69) is 5.32 Å². The Bertz CT molecular complexity index is 1170. The summed E-state index contributed by atoms with van der Waals surface area (Å²) in [6.07, 6.45) is 0.275. The normalized spacial score (nSPS) is 11.7. The van der Waals surface area contributed by atoms with Crippen molar-refractivity contribution in [3.63, 3.8) is 0 Å². The summed E-state index contributed by atoms with van der Waals surface area (Å²) in [4.78, 5) is 31.0. The summed E-state index contributed by atoms with van der Waals surface area (Å²) in [5.41, 5.74) is 2.85. The van der Waals surface area contributed by atoms with Crippen LogP contribution < -0.4 is 5.32 Å². The SMILES string of the molecule is Cc1ccccc1C(C(=O)NCc1ccccc1)N(Cc1cccs1)C(=O)Cc1cccs1. The van der Waals surface area contributed by atoms with E-state index in [0.29, 0.717) is 13.1 Å². The molecule has 0 aliphatic carbocycles. The van der Waals surface area contributed by atoms with Crippen molar-refractivity contribution in [2.24, 2.45) is 0 Å². The number of carbonyl (C=O) groups is 2. The fourth-order valence-corrected chi connectivity index (χ4v) is 5.18. The number of nitrogens with zero attached hydrogens (tertiary/aromatic N) is 1. The summed E-state index contributed by atoms with van der Waals surface area (Å²) in [7, 11) is 0. The number of hydrogen-bond acceptors (Lipinski definition) is 4. The molecular weight excluding hydrogens is 448 g/mol. The van der Waals surface area contributed by atoms with Gasteiger partial charge in [-0.15, -0.1) is 22.7 Å². The van der Waals surface area contributed by atoms with E-state index in [1.807, 2.05) is 96.5 Å². The molecular formula is C27H26N2O2S2. The number of carbonyl (C=O) groups excluding carboxylic acids is 2. The van der Waals surface area contributed by atoms with E-state index >= 15 is 0 Å². The Morgan fingerprint density at radius 2 is 1.52 bits per heavy atom. The van der Waals surface area contributed by atoms with Crippen LogP contribution in [-0.2, 0) is 29.1 Å². The quantitative estimate of drug-likeness (QED) is 0.336. The molecule has 4 nitrogen and oxygen atoms in total. The van der Waals surface area contributed by atoms with Crippen molar-refractivity contribution in [2.75, 3.05) is 0 Å². The van der Waals surface area contributed by atoms with Crippen LogP contribution in [0.3, 0.4) is 0 Å². The lowest BCUT2D eigenvalue weighted by Gasteiger charge is -2.32. The van der Waals surface area contributed by atoms with E-state index in [-0.39, 0.29) is 18.2 Å². The number of rotatable bonds is 9. The molecule has 0 saturated carbocycles. The molecule has 6 heteroatoms. The second-order valence-electron chi connectivity index (χ2n) is 7.82. The van der Waals surface area contributed by atoms with Gasteiger partial charge in [-0.2, -0.15) is 0 Å². The maximum absolute atomic E-state index is 13.6. The summed E-state index contributed by atoms with van der Waals surface area (Å²) in [6.45, 7) is 2.79. The van der Waals surface area contributed by atoms with Crippen LogP contribution in [0.4, 0.5) is 0 Å². The van der Waals surface area contributed by atoms with E-state index < -0.39 is 6.04 Å². The van der Waals surface area contributed by atoms with Crippen LogP contribution in [0, 0.1) is 6.92 Å². The minimum Gasteiger partial charge on any atom is -0.350 e. The van der Waals surface area contributed by atoms with Crippen LogP contribution >= 0.6 is 22.7 Å². The minimum atomic E-state index is -0.718. The number of benzene rings is 2. The molecule has 0 saturated heterocycles. The second-order valence-corrected chi connectivity index (χ2v) is 9.88. The number of aryl methyl sites for hydroxylation is 1. The van der Waals surface area contributed by atoms with E-state index in [0.717, 1.165) is 26.4 Å². The molecule has 1 N–H and O–H groups in total. The first-order valence-electron chi connectivity index (χ1n) is 10.8. The summed E-state index contributed by atoms with van der Waals surface area (Å²) < 4.78 is 0. The van der Waals surface area contributed by atoms with Crippen molar-refractivity contribution in [3.8, 4) is 0 Å². The van der Waals surface area contributed by atoms with Crippen molar-refractivity contribution < 1.29 is 9.59 Å². The largest absolute Gasteiger partial charge is 0.350 e. The summed E-state index contributed by atoms with van der Waals surface area (Å²) in [5.74, 6) is -0.238. The van der Waals surface area contributed by atoms with Gasteiger partial charge in [0.25, 0.3) is 0 Å². The van der Waals surface area contributed by atoms with Gasteiger partial charge in [0.05, 0.1) is 13.0 Å². The Balaban J connectivity index is 1.67. The molecule has 1 atom stereocenters. The third kappa shape index (κ3) is 5.97. The highest BCUT2D eigenvalue weighted by Gasteiger charge is 2.32. The van der Waals surface area contributed by atoms with Gasteiger partial charge in [0, 0.05) is 16.3 Å². The highest BCUT2D eigenvalue weighted by molar-refractivity contribution is 7.10. The average Bonchev–Trinajstić information content (AvgIpc) is 3.53. The molecule has 2 amide bonds. The highest BCUT2D eigenvalue weighted by atomic mass is 32.1. The molecule has 0 aliphatic rings. The molecule has 0 fully saturated rings. The van der Waals surface area contributed by atoms with Crippen LogP contribution in [0.2, 0.25) is 0 Å². The summed E-state index contributed by atoms with van der Waals surface area (Å²) in [6, 6.07) is 24.8. The molecule has 4 aromatic rings. The van der Waals surface area contributed by atoms with E-state index in [4.69, 9.17) is 0 Å². The van der Waals surface area contributed by atoms with E-state index in [9.17, 15) is 9.59 Å². The first-order chi connectivity index (χ1) is 16.1. The van der Waals surface area contributed by atoms with Gasteiger partial charge in [-0.1, -0.05) is 66.7 Å². The molecule has 0 bridgehead atoms. The molecule has 0 spiro atoms. The summed E-state index contributed by atoms with van der Waals surface area (Å²) in [5, 5.41) is 7.04. The number of thiophene rings is 2. The van der Waals surface area contributed by atoms with Crippen molar-refractivity contribution in [1.29, 1.82) is 0 Å². The molecule has 0 radical (unpaired) electrons. The lowest BCUT2D eigenvalue weighted by Crippen LogP contribution is -2.44. The Kier molecular flexibility index (Phi) is 7.70. The molecule has 33 heavy (non-hydrogen) atoms. The maximum Gasteiger partial charge on any atom is 0.247 e. The predicted molar refractivity (Wildman–Crippen MR) is 135 cm³/mol.